The summed E-state index contributed by atoms with van der Waals surface area (Å²) in [6, 6.07) is 10.1. The van der Waals surface area contributed by atoms with Crippen LogP contribution in [0.2, 0.25) is 0 Å². The largest absolute Gasteiger partial charge is 0.481 e. The van der Waals surface area contributed by atoms with E-state index in [9.17, 15) is 9.90 Å². The van der Waals surface area contributed by atoms with Gasteiger partial charge in [0, 0.05) is 6.42 Å². The Morgan fingerprint density at radius 2 is 2.00 bits per heavy atom. The number of carboxylic acid groups (broad SMARTS) is 1. The zero-order valence-electron chi connectivity index (χ0n) is 13.4. The molecular weight excluding hydrogens is 292 g/mol. The number of aliphatic carboxylic acids is 1. The molecule has 0 amide bonds. The number of rotatable bonds is 9. The lowest BCUT2D eigenvalue weighted by atomic mass is 10.0. The molecule has 0 heterocycles. The van der Waals surface area contributed by atoms with Crippen LogP contribution in [-0.4, -0.2) is 28.4 Å². The number of allylic oxidation sites excluding steroid dienone is 2. The first-order valence-corrected chi connectivity index (χ1v) is 8.35. The van der Waals surface area contributed by atoms with Gasteiger partial charge in [0.1, 0.15) is 0 Å². The van der Waals surface area contributed by atoms with Crippen LogP contribution in [0.1, 0.15) is 44.1 Å². The molecule has 126 valence electrons. The van der Waals surface area contributed by atoms with E-state index in [-0.39, 0.29) is 24.5 Å². The molecular formula is C19H26O4. The minimum Gasteiger partial charge on any atom is -0.481 e. The molecule has 1 fully saturated rings. The molecule has 2 rings (SSSR count). The molecule has 1 aliphatic carbocycles. The number of carbonyl (C=O) groups is 1. The smallest absolute Gasteiger partial charge is 0.303 e. The number of hydrogen-bond acceptors (Lipinski definition) is 3. The van der Waals surface area contributed by atoms with Gasteiger partial charge in [-0.1, -0.05) is 42.5 Å². The molecule has 1 saturated carbocycles. The number of carboxylic acids is 1. The summed E-state index contributed by atoms with van der Waals surface area (Å²) in [6.45, 7) is 0.593. The van der Waals surface area contributed by atoms with Crippen molar-refractivity contribution in [2.24, 2.45) is 5.92 Å². The van der Waals surface area contributed by atoms with Crippen LogP contribution in [0.15, 0.2) is 42.5 Å². The molecule has 2 N–H and O–H groups in total. The third-order valence-electron chi connectivity index (χ3n) is 4.31. The summed E-state index contributed by atoms with van der Waals surface area (Å²) in [5, 5.41) is 18.7. The van der Waals surface area contributed by atoms with E-state index in [1.807, 2.05) is 36.4 Å². The van der Waals surface area contributed by atoms with Crippen LogP contribution < -0.4 is 0 Å². The molecule has 3 atom stereocenters. The summed E-state index contributed by atoms with van der Waals surface area (Å²) < 4.78 is 5.91. The van der Waals surface area contributed by atoms with Crippen LogP contribution >= 0.6 is 0 Å². The third-order valence-corrected chi connectivity index (χ3v) is 4.31. The quantitative estimate of drug-likeness (QED) is 0.540. The van der Waals surface area contributed by atoms with Crippen molar-refractivity contribution in [1.82, 2.24) is 0 Å². The highest BCUT2D eigenvalue weighted by Gasteiger charge is 2.32. The van der Waals surface area contributed by atoms with Crippen molar-refractivity contribution in [2.45, 2.75) is 57.3 Å². The zero-order valence-corrected chi connectivity index (χ0v) is 13.4. The number of ether oxygens (including phenoxy) is 1. The van der Waals surface area contributed by atoms with E-state index in [2.05, 4.69) is 6.08 Å². The fourth-order valence-electron chi connectivity index (χ4n) is 2.99. The Labute approximate surface area is 137 Å². The molecule has 0 radical (unpaired) electrons. The maximum atomic E-state index is 10.4. The maximum Gasteiger partial charge on any atom is 0.303 e. The molecule has 1 aromatic carbocycles. The van der Waals surface area contributed by atoms with E-state index >= 15 is 0 Å². The Morgan fingerprint density at radius 3 is 2.74 bits per heavy atom. The van der Waals surface area contributed by atoms with Crippen molar-refractivity contribution >= 4 is 5.97 Å². The van der Waals surface area contributed by atoms with Gasteiger partial charge in [-0.25, -0.2) is 0 Å². The second-order valence-corrected chi connectivity index (χ2v) is 6.21. The minimum atomic E-state index is -0.747. The summed E-state index contributed by atoms with van der Waals surface area (Å²) in [7, 11) is 0. The topological polar surface area (TPSA) is 66.8 Å². The van der Waals surface area contributed by atoms with Crippen molar-refractivity contribution in [2.75, 3.05) is 0 Å². The van der Waals surface area contributed by atoms with E-state index < -0.39 is 5.97 Å². The standard InChI is InChI=1S/C19H26O4/c20-18-13-17(23-14-15-8-4-3-5-9-15)12-16(18)10-6-1-2-7-11-19(21)22/h1,3-6,8-9,16-18,20H,2,7,10-14H2,(H,21,22)/b6-1-/t16-,17+,18+/m0/s1. The van der Waals surface area contributed by atoms with E-state index in [1.54, 1.807) is 0 Å². The van der Waals surface area contributed by atoms with Gasteiger partial charge in [-0.05, 0) is 43.6 Å². The van der Waals surface area contributed by atoms with Gasteiger partial charge in [0.25, 0.3) is 0 Å². The van der Waals surface area contributed by atoms with Crippen molar-refractivity contribution < 1.29 is 19.7 Å². The van der Waals surface area contributed by atoms with Crippen LogP contribution in [-0.2, 0) is 16.1 Å². The van der Waals surface area contributed by atoms with Crippen molar-refractivity contribution in [3.05, 3.63) is 48.0 Å². The van der Waals surface area contributed by atoms with Crippen LogP contribution in [0.25, 0.3) is 0 Å². The van der Waals surface area contributed by atoms with Crippen LogP contribution in [0.3, 0.4) is 0 Å². The second-order valence-electron chi connectivity index (χ2n) is 6.21. The Balaban J connectivity index is 1.65. The number of hydrogen-bond donors (Lipinski definition) is 2. The lowest BCUT2D eigenvalue weighted by molar-refractivity contribution is -0.137. The Bertz CT molecular complexity index is 497. The van der Waals surface area contributed by atoms with Gasteiger partial charge in [-0.15, -0.1) is 0 Å². The molecule has 1 aromatic rings. The van der Waals surface area contributed by atoms with E-state index in [4.69, 9.17) is 9.84 Å². The monoisotopic (exact) mass is 318 g/mol. The molecule has 0 unspecified atom stereocenters. The van der Waals surface area contributed by atoms with Gasteiger partial charge < -0.3 is 14.9 Å². The first-order chi connectivity index (χ1) is 11.1. The lowest BCUT2D eigenvalue weighted by Crippen LogP contribution is -2.12. The molecule has 23 heavy (non-hydrogen) atoms. The van der Waals surface area contributed by atoms with Crippen LogP contribution in [0.4, 0.5) is 0 Å². The highest BCUT2D eigenvalue weighted by Crippen LogP contribution is 2.31. The highest BCUT2D eigenvalue weighted by molar-refractivity contribution is 5.66. The van der Waals surface area contributed by atoms with Crippen molar-refractivity contribution in [3.8, 4) is 0 Å². The van der Waals surface area contributed by atoms with Crippen molar-refractivity contribution in [3.63, 3.8) is 0 Å². The van der Waals surface area contributed by atoms with Gasteiger partial charge in [0.15, 0.2) is 0 Å². The van der Waals surface area contributed by atoms with Crippen molar-refractivity contribution in [1.29, 1.82) is 0 Å². The summed E-state index contributed by atoms with van der Waals surface area (Å²) in [5.41, 5.74) is 1.16. The number of benzene rings is 1. The summed E-state index contributed by atoms with van der Waals surface area (Å²) >= 11 is 0. The van der Waals surface area contributed by atoms with Gasteiger partial charge >= 0.3 is 5.97 Å². The second kappa shape index (κ2) is 9.48. The molecule has 4 nitrogen and oxygen atoms in total. The van der Waals surface area contributed by atoms with Gasteiger partial charge in [-0.2, -0.15) is 0 Å². The van der Waals surface area contributed by atoms with E-state index in [0.717, 1.165) is 24.8 Å². The summed E-state index contributed by atoms with van der Waals surface area (Å²) in [5.74, 6) is -0.505. The number of aliphatic hydroxyl groups excluding tert-OH is 1. The molecule has 0 bridgehead atoms. The zero-order chi connectivity index (χ0) is 16.5. The number of unbranched alkanes of at least 4 members (excludes halogenated alkanes) is 1. The predicted molar refractivity (Wildman–Crippen MR) is 89.0 cm³/mol. The van der Waals surface area contributed by atoms with Gasteiger partial charge in [0.05, 0.1) is 18.8 Å². The highest BCUT2D eigenvalue weighted by atomic mass is 16.5. The Morgan fingerprint density at radius 1 is 1.22 bits per heavy atom. The molecule has 1 aliphatic rings. The Hall–Kier alpha value is -1.65. The number of aliphatic hydroxyl groups is 1. The van der Waals surface area contributed by atoms with Crippen LogP contribution in [0, 0.1) is 5.92 Å². The summed E-state index contributed by atoms with van der Waals surface area (Å²) in [4.78, 5) is 10.4. The Kier molecular flexibility index (Phi) is 7.30. The minimum absolute atomic E-state index is 0.121. The maximum absolute atomic E-state index is 10.4. The van der Waals surface area contributed by atoms with E-state index in [1.165, 1.54) is 0 Å². The normalized spacial score (nSPS) is 24.3. The average molecular weight is 318 g/mol. The molecule has 0 aromatic heterocycles. The SMILES string of the molecule is O=C(O)CCC/C=C\C[C@H]1C[C@@H](OCc2ccccc2)C[C@H]1O. The molecule has 0 spiro atoms. The molecule has 4 heteroatoms. The predicted octanol–water partition coefficient (Wildman–Crippen LogP) is 3.54. The fourth-order valence-corrected chi connectivity index (χ4v) is 2.99. The molecule has 0 aliphatic heterocycles. The van der Waals surface area contributed by atoms with Gasteiger partial charge in [0.2, 0.25) is 0 Å². The first kappa shape index (κ1) is 17.7. The van der Waals surface area contributed by atoms with Crippen LogP contribution in [0.5, 0.6) is 0 Å². The lowest BCUT2D eigenvalue weighted by Gasteiger charge is -2.12. The van der Waals surface area contributed by atoms with Gasteiger partial charge in [-0.3, -0.25) is 4.79 Å². The molecule has 0 saturated heterocycles. The summed E-state index contributed by atoms with van der Waals surface area (Å²) in [6.07, 6.45) is 7.98. The average Bonchev–Trinajstić information content (AvgIpc) is 2.89. The van der Waals surface area contributed by atoms with E-state index in [0.29, 0.717) is 19.4 Å². The fraction of sp³-hybridized carbons (Fsp3) is 0.526. The third kappa shape index (κ3) is 6.55. The first-order valence-electron chi connectivity index (χ1n) is 8.35.